The number of hydrogen-bond acceptors (Lipinski definition) is 6. The van der Waals surface area contributed by atoms with Crippen molar-refractivity contribution in [1.29, 1.82) is 0 Å². The Hall–Kier alpha value is -2.78. The summed E-state index contributed by atoms with van der Waals surface area (Å²) in [7, 11) is -3.42. The van der Waals surface area contributed by atoms with Gasteiger partial charge in [0, 0.05) is 28.9 Å². The second-order valence-corrected chi connectivity index (χ2v) is 10.3. The predicted molar refractivity (Wildman–Crippen MR) is 116 cm³/mol. The smallest absolute Gasteiger partial charge is 0.232 e. The maximum Gasteiger partial charge on any atom is 0.232 e. The largest absolute Gasteiger partial charge is 0.493 e. The lowest BCUT2D eigenvalue weighted by Crippen LogP contribution is -2.15. The number of pyridine rings is 1. The molecule has 3 aliphatic heterocycles. The van der Waals surface area contributed by atoms with Crippen molar-refractivity contribution >= 4 is 15.7 Å². The Morgan fingerprint density at radius 2 is 1.97 bits per heavy atom. The first-order chi connectivity index (χ1) is 14.9. The molecule has 5 rings (SSSR count). The minimum absolute atomic E-state index is 0.0148. The molecule has 2 N–H and O–H groups in total. The van der Waals surface area contributed by atoms with Gasteiger partial charge in [0.1, 0.15) is 5.75 Å². The Bertz CT molecular complexity index is 1200. The van der Waals surface area contributed by atoms with Crippen LogP contribution in [0.5, 0.6) is 5.75 Å². The van der Waals surface area contributed by atoms with Gasteiger partial charge in [0.2, 0.25) is 10.0 Å². The van der Waals surface area contributed by atoms with E-state index in [4.69, 9.17) is 9.47 Å². The van der Waals surface area contributed by atoms with Gasteiger partial charge in [-0.25, -0.2) is 13.4 Å². The molecule has 9 heteroatoms. The minimum Gasteiger partial charge on any atom is -0.493 e. The third kappa shape index (κ3) is 3.61. The van der Waals surface area contributed by atoms with Crippen LogP contribution in [-0.4, -0.2) is 48.9 Å². The lowest BCUT2D eigenvalue weighted by molar-refractivity contribution is 0.137. The van der Waals surface area contributed by atoms with Crippen molar-refractivity contribution in [2.24, 2.45) is 17.8 Å². The van der Waals surface area contributed by atoms with E-state index in [1.165, 1.54) is 0 Å². The molecule has 1 aliphatic carbocycles. The van der Waals surface area contributed by atoms with Crippen LogP contribution in [0.2, 0.25) is 0 Å². The zero-order chi connectivity index (χ0) is 21.8. The van der Waals surface area contributed by atoms with Crippen molar-refractivity contribution in [2.45, 2.75) is 13.8 Å². The quantitative estimate of drug-likeness (QED) is 0.544. The summed E-state index contributed by atoms with van der Waals surface area (Å²) in [6, 6.07) is 8.97. The molecule has 0 amide bonds. The number of benzene rings is 1. The molecule has 0 aromatic heterocycles. The second-order valence-electron chi connectivity index (χ2n) is 8.25. The van der Waals surface area contributed by atoms with E-state index < -0.39 is 10.0 Å². The molecular weight excluding hydrogens is 418 g/mol. The number of anilines is 1. The molecular formula is C22H25N3O5S. The van der Waals surface area contributed by atoms with Crippen molar-refractivity contribution in [3.8, 4) is 28.3 Å². The third-order valence-electron chi connectivity index (χ3n) is 6.34. The summed E-state index contributed by atoms with van der Waals surface area (Å²) < 4.78 is 39.6. The highest BCUT2D eigenvalue weighted by Gasteiger charge is 2.54. The number of ether oxygens (including phenoxy) is 2. The molecule has 1 saturated carbocycles. The Balaban J connectivity index is 1.54. The first-order valence-electron chi connectivity index (χ1n) is 10.4. The molecule has 0 radical (unpaired) electrons. The summed E-state index contributed by atoms with van der Waals surface area (Å²) in [4.78, 5) is 4.26. The highest BCUT2D eigenvalue weighted by molar-refractivity contribution is 7.92. The molecule has 0 bridgehead atoms. The van der Waals surface area contributed by atoms with E-state index in [0.29, 0.717) is 47.3 Å². The highest BCUT2D eigenvalue weighted by Crippen LogP contribution is 2.51. The molecule has 31 heavy (non-hydrogen) atoms. The standard InChI is InChI=1S/C22H25N3O5S/c1-3-31(27,28)24-14-4-5-21(30-12-20-18-10-29-11-19(18)20)17(9-14)16-8-13(2)25(26)22-15(16)6-7-23-22/h4-9,18-20,24,26H,3,10-12H2,1-2H3. The molecule has 2 atom stereocenters. The fraction of sp³-hybridized carbons (Fsp3) is 0.409. The minimum atomic E-state index is -3.42. The van der Waals surface area contributed by atoms with E-state index in [1.54, 1.807) is 38.2 Å². The van der Waals surface area contributed by atoms with Crippen LogP contribution in [0.25, 0.3) is 22.5 Å². The highest BCUT2D eigenvalue weighted by atomic mass is 32.2. The number of sulfonamides is 1. The molecule has 1 aromatic rings. The number of aromatic nitrogens is 2. The Morgan fingerprint density at radius 1 is 1.19 bits per heavy atom. The predicted octanol–water partition coefficient (Wildman–Crippen LogP) is 3.23. The van der Waals surface area contributed by atoms with Gasteiger partial charge >= 0.3 is 0 Å². The monoisotopic (exact) mass is 443 g/mol. The van der Waals surface area contributed by atoms with Crippen molar-refractivity contribution in [3.05, 3.63) is 42.2 Å². The molecule has 2 unspecified atom stereocenters. The number of hydrogen-bond donors (Lipinski definition) is 2. The van der Waals surface area contributed by atoms with Crippen LogP contribution in [0.4, 0.5) is 5.69 Å². The normalized spacial score (nSPS) is 22.5. The van der Waals surface area contributed by atoms with E-state index in [1.807, 2.05) is 12.1 Å². The zero-order valence-electron chi connectivity index (χ0n) is 17.4. The molecule has 1 saturated heterocycles. The molecule has 4 aliphatic rings. The van der Waals surface area contributed by atoms with Gasteiger partial charge < -0.3 is 14.7 Å². The summed E-state index contributed by atoms with van der Waals surface area (Å²) in [6.45, 7) is 5.58. The number of nitrogens with one attached hydrogen (secondary N) is 1. The van der Waals surface area contributed by atoms with E-state index in [2.05, 4.69) is 9.71 Å². The van der Waals surface area contributed by atoms with Gasteiger partial charge in [-0.3, -0.25) is 4.72 Å². The molecule has 8 nitrogen and oxygen atoms in total. The first kappa shape index (κ1) is 20.1. The van der Waals surface area contributed by atoms with Gasteiger partial charge in [-0.15, -0.1) is 0 Å². The fourth-order valence-corrected chi connectivity index (χ4v) is 5.05. The van der Waals surface area contributed by atoms with Crippen LogP contribution >= 0.6 is 0 Å². The van der Waals surface area contributed by atoms with Gasteiger partial charge in [-0.1, -0.05) is 0 Å². The molecule has 164 valence electrons. The summed E-state index contributed by atoms with van der Waals surface area (Å²) >= 11 is 0. The molecule has 3 heterocycles. The fourth-order valence-electron chi connectivity index (χ4n) is 4.42. The number of aryl methyl sites for hydroxylation is 1. The second kappa shape index (κ2) is 7.42. The average Bonchev–Trinajstić information content (AvgIpc) is 3.12. The van der Waals surface area contributed by atoms with Crippen LogP contribution in [0.1, 0.15) is 12.6 Å². The van der Waals surface area contributed by atoms with Crippen molar-refractivity contribution in [2.75, 3.05) is 30.3 Å². The van der Waals surface area contributed by atoms with Crippen molar-refractivity contribution in [1.82, 2.24) is 9.71 Å². The van der Waals surface area contributed by atoms with Crippen LogP contribution in [-0.2, 0) is 14.8 Å². The first-order valence-corrected chi connectivity index (χ1v) is 12.0. The van der Waals surface area contributed by atoms with E-state index >= 15 is 0 Å². The molecule has 1 aromatic carbocycles. The third-order valence-corrected chi connectivity index (χ3v) is 7.65. The summed E-state index contributed by atoms with van der Waals surface area (Å²) in [5.41, 5.74) is 3.40. The van der Waals surface area contributed by atoms with E-state index in [9.17, 15) is 13.6 Å². The van der Waals surface area contributed by atoms with Crippen LogP contribution in [0.15, 0.2) is 36.5 Å². The number of fused-ring (bicyclic) bond motifs is 2. The summed E-state index contributed by atoms with van der Waals surface area (Å²) in [6.07, 6.45) is 1.63. The number of rotatable bonds is 7. The number of nitrogens with zero attached hydrogens (tertiary/aromatic N) is 2. The SMILES string of the molecule is CCS(=O)(=O)Nc1ccc(OCC2C3COCC32)c(-c2cc(C)n(O)c3nccc2-3)c1. The van der Waals surface area contributed by atoms with Crippen molar-refractivity contribution in [3.63, 3.8) is 0 Å². The van der Waals surface area contributed by atoms with Gasteiger partial charge in [0.05, 0.1) is 31.3 Å². The summed E-state index contributed by atoms with van der Waals surface area (Å²) in [5.74, 6) is 2.75. The Labute approximate surface area is 181 Å². The lowest BCUT2D eigenvalue weighted by Gasteiger charge is -2.18. The van der Waals surface area contributed by atoms with Gasteiger partial charge in [-0.2, -0.15) is 4.73 Å². The van der Waals surface area contributed by atoms with E-state index in [0.717, 1.165) is 34.6 Å². The van der Waals surface area contributed by atoms with Crippen LogP contribution < -0.4 is 9.46 Å². The van der Waals surface area contributed by atoms with Crippen molar-refractivity contribution < 1.29 is 23.1 Å². The Morgan fingerprint density at radius 3 is 2.71 bits per heavy atom. The topological polar surface area (TPSA) is 103 Å². The maximum atomic E-state index is 12.1. The average molecular weight is 444 g/mol. The lowest BCUT2D eigenvalue weighted by atomic mass is 9.98. The Kier molecular flexibility index (Phi) is 4.82. The van der Waals surface area contributed by atoms with Crippen LogP contribution in [0, 0.1) is 24.7 Å². The summed E-state index contributed by atoms with van der Waals surface area (Å²) in [5, 5.41) is 10.3. The zero-order valence-corrected chi connectivity index (χ0v) is 18.2. The molecule has 0 spiro atoms. The van der Waals surface area contributed by atoms with Gasteiger partial charge in [0.25, 0.3) is 0 Å². The maximum absolute atomic E-state index is 12.1. The van der Waals surface area contributed by atoms with Gasteiger partial charge in [0.15, 0.2) is 5.82 Å². The molecule has 2 fully saturated rings. The van der Waals surface area contributed by atoms with Crippen LogP contribution in [0.3, 0.4) is 0 Å². The van der Waals surface area contributed by atoms with E-state index in [-0.39, 0.29) is 5.75 Å². The van der Waals surface area contributed by atoms with Gasteiger partial charge in [-0.05, 0) is 61.6 Å².